The van der Waals surface area contributed by atoms with E-state index in [-0.39, 0.29) is 11.8 Å². The van der Waals surface area contributed by atoms with E-state index in [1.54, 1.807) is 6.07 Å². The number of benzene rings is 5. The molecule has 0 aliphatic carbocycles. The Labute approximate surface area is 207 Å². The van der Waals surface area contributed by atoms with Gasteiger partial charge in [-0.15, -0.1) is 0 Å². The average Bonchev–Trinajstić information content (AvgIpc) is 3.40. The molecule has 5 aromatic carbocycles. The summed E-state index contributed by atoms with van der Waals surface area (Å²) >= 11 is 0. The summed E-state index contributed by atoms with van der Waals surface area (Å²) in [5.74, 6) is -0.614. The second-order valence-corrected chi connectivity index (χ2v) is 8.90. The van der Waals surface area contributed by atoms with Crippen LogP contribution in [-0.2, 0) is 0 Å². The summed E-state index contributed by atoms with van der Waals surface area (Å²) in [7, 11) is 0. The summed E-state index contributed by atoms with van der Waals surface area (Å²) in [6.07, 6.45) is 0. The Morgan fingerprint density at radius 2 is 1.00 bits per heavy atom. The monoisotopic (exact) mass is 464 g/mol. The van der Waals surface area contributed by atoms with Crippen molar-refractivity contribution < 1.29 is 9.59 Å². The predicted molar refractivity (Wildman–Crippen MR) is 144 cm³/mol. The molecular weight excluding hydrogens is 444 g/mol. The number of carbonyl (C=O) groups is 2. The highest BCUT2D eigenvalue weighted by Crippen LogP contribution is 2.40. The molecule has 1 aliphatic rings. The molecule has 0 saturated carbocycles. The molecule has 0 radical (unpaired) electrons. The molecule has 0 atom stereocenters. The summed E-state index contributed by atoms with van der Waals surface area (Å²) in [6, 6.07) is 39.2. The third-order valence-corrected chi connectivity index (χ3v) is 6.94. The molecule has 0 spiro atoms. The summed E-state index contributed by atoms with van der Waals surface area (Å²) in [5, 5.41) is 2.21. The van der Waals surface area contributed by atoms with Crippen LogP contribution in [0.15, 0.2) is 121 Å². The molecule has 0 unspecified atom stereocenters. The van der Waals surface area contributed by atoms with E-state index in [2.05, 4.69) is 28.8 Å². The Balaban J connectivity index is 1.46. The number of fused-ring (bicyclic) bond motifs is 4. The molecular formula is C32H20N2O2. The Hall–Kier alpha value is -4.96. The number of amides is 2. The van der Waals surface area contributed by atoms with Crippen molar-refractivity contribution in [3.05, 3.63) is 132 Å². The number of para-hydroxylation sites is 3. The quantitative estimate of drug-likeness (QED) is 0.259. The van der Waals surface area contributed by atoms with Crippen LogP contribution in [0.2, 0.25) is 0 Å². The fourth-order valence-electron chi connectivity index (χ4n) is 5.39. The van der Waals surface area contributed by atoms with Gasteiger partial charge in [-0.1, -0.05) is 91.0 Å². The number of nitrogens with zero attached hydrogens (tertiary/aromatic N) is 2. The van der Waals surface area contributed by atoms with E-state index in [9.17, 15) is 9.59 Å². The van der Waals surface area contributed by atoms with E-state index < -0.39 is 0 Å². The maximum absolute atomic E-state index is 14.1. The van der Waals surface area contributed by atoms with Crippen molar-refractivity contribution in [1.29, 1.82) is 0 Å². The summed E-state index contributed by atoms with van der Waals surface area (Å²) < 4.78 is 2.10. The zero-order valence-electron chi connectivity index (χ0n) is 19.3. The summed E-state index contributed by atoms with van der Waals surface area (Å²) in [4.78, 5) is 29.1. The Morgan fingerprint density at radius 1 is 0.444 bits per heavy atom. The van der Waals surface area contributed by atoms with Crippen LogP contribution in [0.5, 0.6) is 0 Å². The number of rotatable bonds is 3. The van der Waals surface area contributed by atoms with Crippen molar-refractivity contribution in [2.24, 2.45) is 0 Å². The second kappa shape index (κ2) is 7.79. The lowest BCUT2D eigenvalue weighted by Gasteiger charge is -2.18. The van der Waals surface area contributed by atoms with E-state index in [1.165, 1.54) is 4.90 Å². The first-order valence-electron chi connectivity index (χ1n) is 11.9. The van der Waals surface area contributed by atoms with Crippen LogP contribution in [0.4, 0.5) is 5.69 Å². The Morgan fingerprint density at radius 3 is 1.72 bits per heavy atom. The molecule has 0 bridgehead atoms. The van der Waals surface area contributed by atoms with E-state index >= 15 is 0 Å². The molecule has 0 saturated heterocycles. The first-order valence-corrected chi connectivity index (χ1v) is 11.9. The van der Waals surface area contributed by atoms with Crippen LogP contribution in [0, 0.1) is 0 Å². The van der Waals surface area contributed by atoms with Gasteiger partial charge in [-0.25, -0.2) is 4.90 Å². The van der Waals surface area contributed by atoms with Crippen molar-refractivity contribution >= 4 is 39.3 Å². The normalized spacial score (nSPS) is 13.1. The van der Waals surface area contributed by atoms with Gasteiger partial charge >= 0.3 is 0 Å². The number of hydrogen-bond acceptors (Lipinski definition) is 2. The molecule has 1 aliphatic heterocycles. The lowest BCUT2D eigenvalue weighted by molar-refractivity contribution is 0.0926. The summed E-state index contributed by atoms with van der Waals surface area (Å²) in [5.41, 5.74) is 5.93. The first kappa shape index (κ1) is 20.4. The van der Waals surface area contributed by atoms with Crippen LogP contribution in [0.3, 0.4) is 0 Å². The van der Waals surface area contributed by atoms with Gasteiger partial charge < -0.3 is 4.57 Å². The Kier molecular flexibility index (Phi) is 4.42. The fraction of sp³-hybridized carbons (Fsp3) is 0. The highest BCUT2D eigenvalue weighted by Gasteiger charge is 2.40. The standard InChI is InChI=1S/C32H20N2O2/c35-31-25-16-10-20-29(33-27-18-8-5-14-23(27)24-15-6-9-19-28(24)33)30(25)32(36)34(31)26-17-7-4-13-22(26)21-11-2-1-3-12-21/h1-20H. The van der Waals surface area contributed by atoms with E-state index in [1.807, 2.05) is 91.0 Å². The minimum Gasteiger partial charge on any atom is -0.308 e. The minimum absolute atomic E-state index is 0.305. The molecule has 0 fully saturated rings. The molecule has 0 N–H and O–H groups in total. The zero-order valence-corrected chi connectivity index (χ0v) is 19.3. The molecule has 170 valence electrons. The number of anilines is 1. The van der Waals surface area contributed by atoms with Crippen molar-refractivity contribution in [2.75, 3.05) is 4.90 Å². The van der Waals surface area contributed by atoms with Crippen LogP contribution < -0.4 is 4.90 Å². The highest BCUT2D eigenvalue weighted by molar-refractivity contribution is 6.36. The number of aromatic nitrogens is 1. The van der Waals surface area contributed by atoms with Crippen LogP contribution in [-0.4, -0.2) is 16.4 Å². The molecule has 1 aromatic heterocycles. The van der Waals surface area contributed by atoms with Crippen molar-refractivity contribution in [2.45, 2.75) is 0 Å². The maximum Gasteiger partial charge on any atom is 0.268 e. The molecule has 2 heterocycles. The molecule has 6 aromatic rings. The second-order valence-electron chi connectivity index (χ2n) is 8.90. The van der Waals surface area contributed by atoms with Gasteiger partial charge in [0, 0.05) is 16.3 Å². The van der Waals surface area contributed by atoms with Crippen LogP contribution in [0.1, 0.15) is 20.7 Å². The predicted octanol–water partition coefficient (Wildman–Crippen LogP) is 7.25. The number of carbonyl (C=O) groups excluding carboxylic acids is 2. The van der Waals surface area contributed by atoms with Gasteiger partial charge in [0.15, 0.2) is 0 Å². The maximum atomic E-state index is 14.1. The van der Waals surface area contributed by atoms with Gasteiger partial charge in [-0.2, -0.15) is 0 Å². The lowest BCUT2D eigenvalue weighted by Crippen LogP contribution is -2.30. The SMILES string of the molecule is O=C1c2cccc(-n3c4ccccc4c4ccccc43)c2C(=O)N1c1ccccc1-c1ccccc1. The fourth-order valence-corrected chi connectivity index (χ4v) is 5.39. The average molecular weight is 465 g/mol. The third kappa shape index (κ3) is 2.82. The zero-order chi connectivity index (χ0) is 24.2. The third-order valence-electron chi connectivity index (χ3n) is 6.94. The number of imide groups is 1. The largest absolute Gasteiger partial charge is 0.308 e. The van der Waals surface area contributed by atoms with Gasteiger partial charge in [-0.05, 0) is 35.9 Å². The van der Waals surface area contributed by atoms with E-state index in [0.717, 1.165) is 32.9 Å². The van der Waals surface area contributed by atoms with Gasteiger partial charge in [0.25, 0.3) is 11.8 Å². The lowest BCUT2D eigenvalue weighted by atomic mass is 10.0. The van der Waals surface area contributed by atoms with Gasteiger partial charge in [0.2, 0.25) is 0 Å². The van der Waals surface area contributed by atoms with Crippen LogP contribution >= 0.6 is 0 Å². The van der Waals surface area contributed by atoms with Crippen molar-refractivity contribution in [3.8, 4) is 16.8 Å². The smallest absolute Gasteiger partial charge is 0.268 e. The molecule has 4 heteroatoms. The van der Waals surface area contributed by atoms with Gasteiger partial charge in [-0.3, -0.25) is 9.59 Å². The molecule has 2 amide bonds. The minimum atomic E-state index is -0.309. The highest BCUT2D eigenvalue weighted by atomic mass is 16.2. The molecule has 36 heavy (non-hydrogen) atoms. The van der Waals surface area contributed by atoms with E-state index in [4.69, 9.17) is 0 Å². The molecule has 7 rings (SSSR count). The van der Waals surface area contributed by atoms with Crippen molar-refractivity contribution in [3.63, 3.8) is 0 Å². The van der Waals surface area contributed by atoms with Gasteiger partial charge in [0.05, 0.1) is 33.5 Å². The van der Waals surface area contributed by atoms with Crippen LogP contribution in [0.25, 0.3) is 38.6 Å². The molecule has 4 nitrogen and oxygen atoms in total. The van der Waals surface area contributed by atoms with Crippen molar-refractivity contribution in [1.82, 2.24) is 4.57 Å². The summed E-state index contributed by atoms with van der Waals surface area (Å²) in [6.45, 7) is 0. The first-order chi connectivity index (χ1) is 17.7. The van der Waals surface area contributed by atoms with E-state index in [0.29, 0.717) is 22.5 Å². The Bertz CT molecular complexity index is 1780. The van der Waals surface area contributed by atoms with Gasteiger partial charge in [0.1, 0.15) is 0 Å². The number of hydrogen-bond donors (Lipinski definition) is 0. The topological polar surface area (TPSA) is 42.3 Å².